The lowest BCUT2D eigenvalue weighted by Crippen LogP contribution is -2.09. The van der Waals surface area contributed by atoms with Gasteiger partial charge in [0.15, 0.2) is 17.2 Å². The van der Waals surface area contributed by atoms with Crippen LogP contribution in [0.2, 0.25) is 0 Å². The summed E-state index contributed by atoms with van der Waals surface area (Å²) in [6, 6.07) is 20.8. The fourth-order valence-corrected chi connectivity index (χ4v) is 3.12. The lowest BCUT2D eigenvalue weighted by atomic mass is 10.1. The van der Waals surface area contributed by atoms with E-state index in [4.69, 9.17) is 18.9 Å². The molecule has 0 N–H and O–H groups in total. The largest absolute Gasteiger partial charge is 0.497 e. The van der Waals surface area contributed by atoms with Crippen LogP contribution in [0.1, 0.15) is 28.4 Å². The number of cyclic esters (lactones) is 1. The maximum atomic E-state index is 12.5. The summed E-state index contributed by atoms with van der Waals surface area (Å²) in [6.45, 7) is 2.19. The molecule has 7 heteroatoms. The normalized spacial score (nSPS) is 13.9. The van der Waals surface area contributed by atoms with E-state index in [2.05, 4.69) is 4.99 Å². The molecular formula is C26H21NO6. The summed E-state index contributed by atoms with van der Waals surface area (Å²) in [5.41, 5.74) is 1.90. The van der Waals surface area contributed by atoms with E-state index in [-0.39, 0.29) is 17.3 Å². The van der Waals surface area contributed by atoms with Crippen LogP contribution in [0.4, 0.5) is 0 Å². The second-order valence-electron chi connectivity index (χ2n) is 6.96. The first kappa shape index (κ1) is 21.8. The number of hydrogen-bond acceptors (Lipinski definition) is 7. The summed E-state index contributed by atoms with van der Waals surface area (Å²) < 4.78 is 21.6. The van der Waals surface area contributed by atoms with E-state index in [1.807, 2.05) is 37.3 Å². The van der Waals surface area contributed by atoms with Gasteiger partial charge in [0.05, 0.1) is 19.3 Å². The molecule has 0 radical (unpaired) electrons. The third kappa shape index (κ3) is 5.10. The first-order valence-corrected chi connectivity index (χ1v) is 10.3. The lowest BCUT2D eigenvalue weighted by Gasteiger charge is -2.11. The molecule has 0 atom stereocenters. The van der Waals surface area contributed by atoms with Crippen molar-refractivity contribution in [3.8, 4) is 17.2 Å². The minimum absolute atomic E-state index is 0.166. The zero-order valence-electron chi connectivity index (χ0n) is 18.1. The fraction of sp³-hybridized carbons (Fsp3) is 0.115. The van der Waals surface area contributed by atoms with Crippen molar-refractivity contribution in [2.75, 3.05) is 13.7 Å². The second-order valence-corrected chi connectivity index (χ2v) is 6.96. The summed E-state index contributed by atoms with van der Waals surface area (Å²) in [6.07, 6.45) is 1.59. The highest BCUT2D eigenvalue weighted by Crippen LogP contribution is 2.31. The van der Waals surface area contributed by atoms with E-state index in [0.29, 0.717) is 34.8 Å². The monoisotopic (exact) mass is 443 g/mol. The average Bonchev–Trinajstić information content (AvgIpc) is 3.21. The van der Waals surface area contributed by atoms with Gasteiger partial charge in [0, 0.05) is 5.56 Å². The zero-order valence-corrected chi connectivity index (χ0v) is 18.1. The van der Waals surface area contributed by atoms with Gasteiger partial charge >= 0.3 is 11.9 Å². The molecule has 0 amide bonds. The number of esters is 2. The zero-order chi connectivity index (χ0) is 23.2. The minimum Gasteiger partial charge on any atom is -0.497 e. The summed E-state index contributed by atoms with van der Waals surface area (Å²) >= 11 is 0. The molecule has 7 nitrogen and oxygen atoms in total. The molecule has 33 heavy (non-hydrogen) atoms. The third-order valence-corrected chi connectivity index (χ3v) is 4.74. The number of carbonyl (C=O) groups excluding carboxylic acids is 2. The van der Waals surface area contributed by atoms with Gasteiger partial charge in [-0.05, 0) is 67.1 Å². The first-order chi connectivity index (χ1) is 16.1. The molecule has 0 saturated heterocycles. The van der Waals surface area contributed by atoms with E-state index >= 15 is 0 Å². The maximum absolute atomic E-state index is 12.5. The predicted octanol–water partition coefficient (Wildman–Crippen LogP) is 4.66. The van der Waals surface area contributed by atoms with E-state index < -0.39 is 11.9 Å². The van der Waals surface area contributed by atoms with Crippen LogP contribution in [0.5, 0.6) is 17.2 Å². The quantitative estimate of drug-likeness (QED) is 0.300. The Morgan fingerprint density at radius 1 is 1.00 bits per heavy atom. The van der Waals surface area contributed by atoms with Crippen LogP contribution in [0.3, 0.4) is 0 Å². The number of benzene rings is 3. The lowest BCUT2D eigenvalue weighted by molar-refractivity contribution is -0.129. The summed E-state index contributed by atoms with van der Waals surface area (Å²) in [5.74, 6) is 0.460. The van der Waals surface area contributed by atoms with Gasteiger partial charge in [0.25, 0.3) is 0 Å². The van der Waals surface area contributed by atoms with Gasteiger partial charge in [0.2, 0.25) is 5.90 Å². The number of carbonyl (C=O) groups is 2. The molecule has 0 unspecified atom stereocenters. The summed E-state index contributed by atoms with van der Waals surface area (Å²) in [5, 5.41) is 0. The predicted molar refractivity (Wildman–Crippen MR) is 123 cm³/mol. The standard InChI is InChI=1S/C26H21NO6/c1-3-31-23-16-17(15-21-26(29)33-24(27-21)18-7-5-4-6-8-18)9-14-22(23)32-25(28)19-10-12-20(30-2)13-11-19/h4-16H,3H2,1-2H3/b21-15+. The van der Waals surface area contributed by atoms with E-state index in [9.17, 15) is 9.59 Å². The number of hydrogen-bond donors (Lipinski definition) is 0. The SMILES string of the molecule is CCOc1cc(/C=C2/N=C(c3ccccc3)OC2=O)ccc1OC(=O)c1ccc(OC)cc1. The average molecular weight is 443 g/mol. The van der Waals surface area contributed by atoms with Gasteiger partial charge in [-0.3, -0.25) is 0 Å². The number of nitrogens with zero attached hydrogens (tertiary/aromatic N) is 1. The van der Waals surface area contributed by atoms with Crippen LogP contribution in [0.15, 0.2) is 83.5 Å². The summed E-state index contributed by atoms with van der Waals surface area (Å²) in [7, 11) is 1.55. The van der Waals surface area contributed by atoms with E-state index in [1.54, 1.807) is 55.7 Å². The van der Waals surface area contributed by atoms with Crippen LogP contribution in [0.25, 0.3) is 6.08 Å². The highest BCUT2D eigenvalue weighted by molar-refractivity contribution is 6.12. The Labute approximate surface area is 190 Å². The Bertz CT molecular complexity index is 1230. The summed E-state index contributed by atoms with van der Waals surface area (Å²) in [4.78, 5) is 29.1. The van der Waals surface area contributed by atoms with Gasteiger partial charge in [-0.2, -0.15) is 0 Å². The van der Waals surface area contributed by atoms with E-state index in [1.165, 1.54) is 0 Å². The Morgan fingerprint density at radius 3 is 2.45 bits per heavy atom. The Morgan fingerprint density at radius 2 is 1.76 bits per heavy atom. The molecular weight excluding hydrogens is 422 g/mol. The van der Waals surface area contributed by atoms with Crippen LogP contribution < -0.4 is 14.2 Å². The number of methoxy groups -OCH3 is 1. The van der Waals surface area contributed by atoms with Crippen molar-refractivity contribution < 1.29 is 28.5 Å². The molecule has 0 saturated carbocycles. The maximum Gasteiger partial charge on any atom is 0.363 e. The number of ether oxygens (including phenoxy) is 4. The molecule has 166 valence electrons. The topological polar surface area (TPSA) is 83.4 Å². The third-order valence-electron chi connectivity index (χ3n) is 4.74. The van der Waals surface area contributed by atoms with Crippen molar-refractivity contribution in [3.63, 3.8) is 0 Å². The van der Waals surface area contributed by atoms with Gasteiger partial charge in [-0.15, -0.1) is 0 Å². The smallest absolute Gasteiger partial charge is 0.363 e. The van der Waals surface area contributed by atoms with Gasteiger partial charge in [-0.25, -0.2) is 14.6 Å². The molecule has 3 aromatic rings. The molecule has 4 rings (SSSR count). The Kier molecular flexibility index (Phi) is 6.50. The fourth-order valence-electron chi connectivity index (χ4n) is 3.12. The van der Waals surface area contributed by atoms with Crippen molar-refractivity contribution in [2.45, 2.75) is 6.92 Å². The van der Waals surface area contributed by atoms with Crippen molar-refractivity contribution in [1.82, 2.24) is 0 Å². The van der Waals surface area contributed by atoms with Crippen LogP contribution in [0, 0.1) is 0 Å². The van der Waals surface area contributed by atoms with Gasteiger partial charge in [-0.1, -0.05) is 24.3 Å². The first-order valence-electron chi connectivity index (χ1n) is 10.3. The molecule has 1 aliphatic heterocycles. The molecule has 0 fully saturated rings. The van der Waals surface area contributed by atoms with Gasteiger partial charge < -0.3 is 18.9 Å². The van der Waals surface area contributed by atoms with Crippen molar-refractivity contribution in [3.05, 3.63) is 95.2 Å². The van der Waals surface area contributed by atoms with Gasteiger partial charge in [0.1, 0.15) is 5.75 Å². The number of rotatable bonds is 7. The molecule has 0 spiro atoms. The number of aliphatic imine (C=N–C) groups is 1. The minimum atomic E-state index is -0.540. The molecule has 1 heterocycles. The van der Waals surface area contributed by atoms with Crippen molar-refractivity contribution in [1.29, 1.82) is 0 Å². The highest BCUT2D eigenvalue weighted by Gasteiger charge is 2.24. The molecule has 0 aliphatic carbocycles. The van der Waals surface area contributed by atoms with Crippen LogP contribution >= 0.6 is 0 Å². The van der Waals surface area contributed by atoms with E-state index in [0.717, 1.165) is 0 Å². The molecule has 0 aromatic heterocycles. The highest BCUT2D eigenvalue weighted by atomic mass is 16.6. The Hall–Kier alpha value is -4.39. The molecule has 1 aliphatic rings. The second kappa shape index (κ2) is 9.82. The Balaban J connectivity index is 1.57. The molecule has 3 aromatic carbocycles. The van der Waals surface area contributed by atoms with Crippen molar-refractivity contribution in [2.24, 2.45) is 4.99 Å². The van der Waals surface area contributed by atoms with Crippen LogP contribution in [-0.2, 0) is 9.53 Å². The van der Waals surface area contributed by atoms with Crippen molar-refractivity contribution >= 4 is 23.9 Å². The van der Waals surface area contributed by atoms with Crippen LogP contribution in [-0.4, -0.2) is 31.6 Å². The molecule has 0 bridgehead atoms.